The van der Waals surface area contributed by atoms with Crippen molar-refractivity contribution < 1.29 is 4.79 Å². The second-order valence-electron chi connectivity index (χ2n) is 5.38. The second kappa shape index (κ2) is 8.77. The minimum atomic E-state index is -0.0505. The lowest BCUT2D eigenvalue weighted by atomic mass is 10.2. The number of aryl methyl sites for hydroxylation is 1. The average molecular weight is 374 g/mol. The lowest BCUT2D eigenvalue weighted by molar-refractivity contribution is -0.118. The van der Waals surface area contributed by atoms with Crippen molar-refractivity contribution in [1.29, 1.82) is 0 Å². The van der Waals surface area contributed by atoms with Crippen molar-refractivity contribution in [3.05, 3.63) is 57.8 Å². The van der Waals surface area contributed by atoms with E-state index in [0.29, 0.717) is 17.5 Å². The van der Waals surface area contributed by atoms with Crippen molar-refractivity contribution in [2.24, 2.45) is 0 Å². The molecule has 0 aliphatic heterocycles. The molecule has 0 aliphatic rings. The molecule has 2 heterocycles. The minimum Gasteiger partial charge on any atom is -0.350 e. The van der Waals surface area contributed by atoms with Crippen LogP contribution >= 0.6 is 23.1 Å². The Morgan fingerprint density at radius 2 is 2.12 bits per heavy atom. The van der Waals surface area contributed by atoms with Crippen LogP contribution in [0.3, 0.4) is 0 Å². The number of aromatic amines is 1. The molecule has 0 unspecified atom stereocenters. The summed E-state index contributed by atoms with van der Waals surface area (Å²) in [7, 11) is 0. The van der Waals surface area contributed by atoms with Gasteiger partial charge in [-0.2, -0.15) is 0 Å². The molecule has 25 heavy (non-hydrogen) atoms. The first-order valence-electron chi connectivity index (χ1n) is 8.01. The number of benzene rings is 1. The highest BCUT2D eigenvalue weighted by molar-refractivity contribution is 7.99. The summed E-state index contributed by atoms with van der Waals surface area (Å²) in [5, 5.41) is 13.4. The maximum absolute atomic E-state index is 11.9. The van der Waals surface area contributed by atoms with Gasteiger partial charge in [-0.3, -0.25) is 9.89 Å². The lowest BCUT2D eigenvalue weighted by Crippen LogP contribution is -2.24. The summed E-state index contributed by atoms with van der Waals surface area (Å²) in [6, 6.07) is 10.2. The highest BCUT2D eigenvalue weighted by Crippen LogP contribution is 2.15. The van der Waals surface area contributed by atoms with Crippen molar-refractivity contribution >= 4 is 29.0 Å². The maximum atomic E-state index is 11.9. The SMILES string of the molecule is CCc1nc(SCC(=O)NCc2csc(Cc3ccccc3)n2)n[nH]1. The predicted molar refractivity (Wildman–Crippen MR) is 99.7 cm³/mol. The lowest BCUT2D eigenvalue weighted by Gasteiger charge is -2.01. The molecule has 0 aliphatic carbocycles. The van der Waals surface area contributed by atoms with Crippen LogP contribution in [0.2, 0.25) is 0 Å². The van der Waals surface area contributed by atoms with E-state index in [9.17, 15) is 4.79 Å². The molecule has 0 saturated heterocycles. The van der Waals surface area contributed by atoms with Gasteiger partial charge in [-0.1, -0.05) is 49.0 Å². The Labute approximate surface area is 154 Å². The molecular weight excluding hydrogens is 354 g/mol. The number of carbonyl (C=O) groups is 1. The van der Waals surface area contributed by atoms with Gasteiger partial charge >= 0.3 is 0 Å². The molecule has 0 atom stereocenters. The molecule has 3 rings (SSSR count). The summed E-state index contributed by atoms with van der Waals surface area (Å²) < 4.78 is 0. The molecular formula is C17H19N5OS2. The van der Waals surface area contributed by atoms with Crippen molar-refractivity contribution in [3.8, 4) is 0 Å². The van der Waals surface area contributed by atoms with Gasteiger partial charge < -0.3 is 5.32 Å². The molecule has 130 valence electrons. The molecule has 1 aromatic carbocycles. The van der Waals surface area contributed by atoms with Gasteiger partial charge in [0.15, 0.2) is 0 Å². The normalized spacial score (nSPS) is 10.8. The molecule has 2 aromatic heterocycles. The van der Waals surface area contributed by atoms with Crippen molar-refractivity contribution in [2.75, 3.05) is 5.75 Å². The fraction of sp³-hybridized carbons (Fsp3) is 0.294. The predicted octanol–water partition coefficient (Wildman–Crippen LogP) is 2.82. The molecule has 0 spiro atoms. The Morgan fingerprint density at radius 1 is 1.28 bits per heavy atom. The molecule has 1 amide bonds. The van der Waals surface area contributed by atoms with Gasteiger partial charge in [0, 0.05) is 18.2 Å². The largest absolute Gasteiger partial charge is 0.350 e. The highest BCUT2D eigenvalue weighted by atomic mass is 32.2. The smallest absolute Gasteiger partial charge is 0.230 e. The van der Waals surface area contributed by atoms with Crippen LogP contribution in [0.5, 0.6) is 0 Å². The van der Waals surface area contributed by atoms with Crippen LogP contribution < -0.4 is 5.32 Å². The molecule has 0 fully saturated rings. The topological polar surface area (TPSA) is 83.6 Å². The van der Waals surface area contributed by atoms with Gasteiger partial charge in [0.2, 0.25) is 11.1 Å². The van der Waals surface area contributed by atoms with Crippen molar-refractivity contribution in [2.45, 2.75) is 31.5 Å². The third kappa shape index (κ3) is 5.40. The Morgan fingerprint density at radius 3 is 2.88 bits per heavy atom. The van der Waals surface area contributed by atoms with Crippen LogP contribution in [0.15, 0.2) is 40.9 Å². The third-order valence-electron chi connectivity index (χ3n) is 3.44. The second-order valence-corrected chi connectivity index (χ2v) is 7.26. The molecule has 0 saturated carbocycles. The fourth-order valence-corrected chi connectivity index (χ4v) is 3.63. The zero-order valence-corrected chi connectivity index (χ0v) is 15.5. The van der Waals surface area contributed by atoms with E-state index in [0.717, 1.165) is 29.4 Å². The zero-order valence-electron chi connectivity index (χ0n) is 13.9. The maximum Gasteiger partial charge on any atom is 0.230 e. The first kappa shape index (κ1) is 17.6. The number of amides is 1. The standard InChI is InChI=1S/C17H19N5OS2/c1-2-14-20-17(22-21-14)25-11-15(23)18-9-13-10-24-16(19-13)8-12-6-4-3-5-7-12/h3-7,10H,2,8-9,11H2,1H3,(H,18,23)(H,20,21,22). The number of aromatic nitrogens is 4. The van der Waals surface area contributed by atoms with E-state index in [2.05, 4.69) is 37.6 Å². The summed E-state index contributed by atoms with van der Waals surface area (Å²) >= 11 is 2.94. The van der Waals surface area contributed by atoms with E-state index in [1.165, 1.54) is 17.3 Å². The van der Waals surface area contributed by atoms with Gasteiger partial charge in [0.05, 0.1) is 23.0 Å². The van der Waals surface area contributed by atoms with Gasteiger partial charge in [0.25, 0.3) is 0 Å². The van der Waals surface area contributed by atoms with Crippen molar-refractivity contribution in [1.82, 2.24) is 25.5 Å². The van der Waals surface area contributed by atoms with Crippen molar-refractivity contribution in [3.63, 3.8) is 0 Å². The summed E-state index contributed by atoms with van der Waals surface area (Å²) in [6.07, 6.45) is 1.62. The first-order chi connectivity index (χ1) is 12.2. The molecule has 3 aromatic rings. The Hall–Kier alpha value is -2.19. The van der Waals surface area contributed by atoms with Crippen LogP contribution in [-0.2, 0) is 24.2 Å². The van der Waals surface area contributed by atoms with Gasteiger partial charge in [-0.25, -0.2) is 9.97 Å². The van der Waals surface area contributed by atoms with Crippen LogP contribution in [0.1, 0.15) is 29.0 Å². The van der Waals surface area contributed by atoms with Gasteiger partial charge in [-0.05, 0) is 5.56 Å². The molecule has 8 heteroatoms. The van der Waals surface area contributed by atoms with E-state index in [4.69, 9.17) is 0 Å². The van der Waals surface area contributed by atoms with Gasteiger partial charge in [0.1, 0.15) is 5.82 Å². The molecule has 2 N–H and O–H groups in total. The summed E-state index contributed by atoms with van der Waals surface area (Å²) in [5.74, 6) is 1.07. The molecule has 6 nitrogen and oxygen atoms in total. The third-order valence-corrected chi connectivity index (χ3v) is 5.19. The number of rotatable bonds is 8. The number of carbonyl (C=O) groups excluding carboxylic acids is 1. The Bertz CT molecular complexity index is 815. The summed E-state index contributed by atoms with van der Waals surface area (Å²) in [5.41, 5.74) is 2.13. The van der Waals surface area contributed by atoms with Crippen LogP contribution in [0.4, 0.5) is 0 Å². The quantitative estimate of drug-likeness (QED) is 0.593. The number of H-pyrrole nitrogens is 1. The Balaban J connectivity index is 1.43. The van der Waals surface area contributed by atoms with Crippen LogP contribution in [-0.4, -0.2) is 31.8 Å². The van der Waals surface area contributed by atoms with E-state index >= 15 is 0 Å². The number of nitrogens with one attached hydrogen (secondary N) is 2. The highest BCUT2D eigenvalue weighted by Gasteiger charge is 2.08. The fourth-order valence-electron chi connectivity index (χ4n) is 2.15. The first-order valence-corrected chi connectivity index (χ1v) is 9.87. The molecule has 0 bridgehead atoms. The Kier molecular flexibility index (Phi) is 6.19. The van der Waals surface area contributed by atoms with E-state index in [1.54, 1.807) is 11.3 Å². The van der Waals surface area contributed by atoms with E-state index < -0.39 is 0 Å². The number of thiazole rings is 1. The number of thioether (sulfide) groups is 1. The monoisotopic (exact) mass is 373 g/mol. The summed E-state index contributed by atoms with van der Waals surface area (Å²) in [6.45, 7) is 2.44. The van der Waals surface area contributed by atoms with Crippen LogP contribution in [0.25, 0.3) is 0 Å². The number of hydrogen-bond donors (Lipinski definition) is 2. The van der Waals surface area contributed by atoms with Gasteiger partial charge in [-0.15, -0.1) is 16.4 Å². The average Bonchev–Trinajstić information content (AvgIpc) is 3.28. The van der Waals surface area contributed by atoms with E-state index in [-0.39, 0.29) is 5.91 Å². The van der Waals surface area contributed by atoms with E-state index in [1.807, 2.05) is 30.5 Å². The minimum absolute atomic E-state index is 0.0505. The van der Waals surface area contributed by atoms with Crippen LogP contribution in [0, 0.1) is 0 Å². The zero-order chi connectivity index (χ0) is 17.5. The number of nitrogens with zero attached hydrogens (tertiary/aromatic N) is 3. The number of hydrogen-bond acceptors (Lipinski definition) is 6. The molecule has 0 radical (unpaired) electrons. The summed E-state index contributed by atoms with van der Waals surface area (Å²) in [4.78, 5) is 20.8.